The fourth-order valence-electron chi connectivity index (χ4n) is 3.41. The fourth-order valence-corrected chi connectivity index (χ4v) is 3.41. The van der Waals surface area contributed by atoms with Crippen LogP contribution in [0.15, 0.2) is 35.4 Å². The van der Waals surface area contributed by atoms with Crippen LogP contribution in [0.1, 0.15) is 34.1 Å². The molecular formula is C17H21BN2O4. The van der Waals surface area contributed by atoms with Crippen molar-refractivity contribution in [3.8, 4) is 0 Å². The lowest BCUT2D eigenvalue weighted by Gasteiger charge is -2.34. The zero-order valence-corrected chi connectivity index (χ0v) is 13.9. The summed E-state index contributed by atoms with van der Waals surface area (Å²) in [6, 6.07) is 6.81. The number of rotatable bonds is 3. The van der Waals surface area contributed by atoms with E-state index in [1.54, 1.807) is 35.9 Å². The number of amides is 2. The molecule has 0 saturated carbocycles. The molecule has 1 fully saturated rings. The van der Waals surface area contributed by atoms with Gasteiger partial charge in [0.15, 0.2) is 0 Å². The summed E-state index contributed by atoms with van der Waals surface area (Å²) in [4.78, 5) is 27.9. The van der Waals surface area contributed by atoms with E-state index < -0.39 is 13.2 Å². The van der Waals surface area contributed by atoms with Crippen molar-refractivity contribution in [1.82, 2.24) is 9.71 Å². The van der Waals surface area contributed by atoms with E-state index in [2.05, 4.69) is 0 Å². The quantitative estimate of drug-likeness (QED) is 0.487. The zero-order chi connectivity index (χ0) is 17.4. The molecule has 0 spiro atoms. The van der Waals surface area contributed by atoms with E-state index >= 15 is 0 Å². The Hall–Kier alpha value is -1.96. The monoisotopic (exact) mass is 328 g/mol. The first-order chi connectivity index (χ1) is 11.4. The van der Waals surface area contributed by atoms with Crippen molar-refractivity contribution in [2.75, 3.05) is 19.6 Å². The van der Waals surface area contributed by atoms with E-state index in [1.165, 1.54) is 4.90 Å². The van der Waals surface area contributed by atoms with Crippen molar-refractivity contribution >= 4 is 18.9 Å². The molecule has 126 valence electrons. The summed E-state index contributed by atoms with van der Waals surface area (Å²) < 4.78 is 0. The molecule has 2 aliphatic heterocycles. The van der Waals surface area contributed by atoms with Crippen LogP contribution in [-0.4, -0.2) is 64.4 Å². The second kappa shape index (κ2) is 6.51. The maximum atomic E-state index is 12.4. The van der Waals surface area contributed by atoms with Gasteiger partial charge in [0.05, 0.1) is 23.8 Å². The van der Waals surface area contributed by atoms with E-state index in [4.69, 9.17) is 0 Å². The topological polar surface area (TPSA) is 81.1 Å². The Balaban J connectivity index is 1.77. The number of imide groups is 1. The summed E-state index contributed by atoms with van der Waals surface area (Å²) in [6.45, 7) is 4.70. The molecule has 2 aliphatic rings. The van der Waals surface area contributed by atoms with Crippen LogP contribution in [0, 0.1) is 0 Å². The average molecular weight is 328 g/mol. The molecule has 3 rings (SSSR count). The summed E-state index contributed by atoms with van der Waals surface area (Å²) in [7, 11) is -0.599. The first kappa shape index (κ1) is 16.9. The molecule has 1 aromatic rings. The van der Waals surface area contributed by atoms with Gasteiger partial charge in [-0.05, 0) is 44.4 Å². The van der Waals surface area contributed by atoms with Gasteiger partial charge in [0.2, 0.25) is 0 Å². The molecule has 2 amide bonds. The van der Waals surface area contributed by atoms with Gasteiger partial charge in [0, 0.05) is 6.54 Å². The van der Waals surface area contributed by atoms with Crippen LogP contribution >= 0.6 is 0 Å². The van der Waals surface area contributed by atoms with Crippen LogP contribution in [0.4, 0.5) is 0 Å². The minimum atomic E-state index is -0.691. The summed E-state index contributed by atoms with van der Waals surface area (Å²) in [5, 5.41) is 20.0. The highest BCUT2D eigenvalue weighted by atomic mass is 16.3. The number of carbonyl (C=O) groups is 2. The number of benzene rings is 1. The Bertz CT molecular complexity index is 681. The van der Waals surface area contributed by atoms with E-state index in [9.17, 15) is 19.7 Å². The maximum absolute atomic E-state index is 12.4. The standard InChI is InChI=1S/C17H21BN2O4/c1-11(12-7-8-19(18(2)24)10-15(12)21)9-20-16(22)13-5-3-4-6-14(13)17(20)23/h3-6,15,21,24H,7-10H2,1-2H3/b12-11-. The Morgan fingerprint density at radius 2 is 1.83 bits per heavy atom. The number of aliphatic hydroxyl groups excluding tert-OH is 1. The van der Waals surface area contributed by atoms with E-state index in [-0.39, 0.29) is 18.4 Å². The molecule has 0 aliphatic carbocycles. The summed E-state index contributed by atoms with van der Waals surface area (Å²) in [5.74, 6) is -0.571. The molecule has 24 heavy (non-hydrogen) atoms. The molecule has 2 N–H and O–H groups in total. The Morgan fingerprint density at radius 1 is 1.25 bits per heavy atom. The number of piperidine rings is 1. The van der Waals surface area contributed by atoms with Crippen LogP contribution in [0.5, 0.6) is 0 Å². The van der Waals surface area contributed by atoms with Crippen molar-refractivity contribution < 1.29 is 19.7 Å². The SMILES string of the molecule is CB(O)N1CC/C(=C(\C)CN2C(=O)c3ccccc3C2=O)C(O)C1. The number of hydrogen-bond acceptors (Lipinski definition) is 5. The highest BCUT2D eigenvalue weighted by Crippen LogP contribution is 2.26. The Kier molecular flexibility index (Phi) is 4.58. The largest absolute Gasteiger partial charge is 0.437 e. The van der Waals surface area contributed by atoms with Crippen LogP contribution in [0.25, 0.3) is 0 Å². The van der Waals surface area contributed by atoms with Gasteiger partial charge in [-0.1, -0.05) is 17.7 Å². The average Bonchev–Trinajstić information content (AvgIpc) is 2.80. The van der Waals surface area contributed by atoms with Crippen LogP contribution in [0.2, 0.25) is 6.82 Å². The molecule has 1 aromatic carbocycles. The van der Waals surface area contributed by atoms with E-state index in [1.807, 2.05) is 6.92 Å². The lowest BCUT2D eigenvalue weighted by molar-refractivity contribution is 0.0665. The van der Waals surface area contributed by atoms with Gasteiger partial charge in [0.25, 0.3) is 11.8 Å². The summed E-state index contributed by atoms with van der Waals surface area (Å²) >= 11 is 0. The van der Waals surface area contributed by atoms with Gasteiger partial charge in [-0.3, -0.25) is 14.5 Å². The first-order valence-electron chi connectivity index (χ1n) is 8.14. The maximum Gasteiger partial charge on any atom is 0.376 e. The minimum Gasteiger partial charge on any atom is -0.437 e. The van der Waals surface area contributed by atoms with Crippen molar-refractivity contribution in [2.45, 2.75) is 26.3 Å². The molecule has 6 nitrogen and oxygen atoms in total. The van der Waals surface area contributed by atoms with Crippen molar-refractivity contribution in [3.05, 3.63) is 46.5 Å². The third kappa shape index (κ3) is 2.90. The lowest BCUT2D eigenvalue weighted by Crippen LogP contribution is -2.47. The third-order valence-electron chi connectivity index (χ3n) is 4.83. The molecule has 7 heteroatoms. The van der Waals surface area contributed by atoms with Gasteiger partial charge < -0.3 is 14.9 Å². The fraction of sp³-hybridized carbons (Fsp3) is 0.412. The smallest absolute Gasteiger partial charge is 0.376 e. The highest BCUT2D eigenvalue weighted by Gasteiger charge is 2.36. The molecule has 0 bridgehead atoms. The molecule has 2 heterocycles. The molecule has 1 unspecified atom stereocenters. The Labute approximate surface area is 141 Å². The molecule has 1 atom stereocenters. The minimum absolute atomic E-state index is 0.188. The molecule has 0 aromatic heterocycles. The van der Waals surface area contributed by atoms with Crippen LogP contribution < -0.4 is 0 Å². The van der Waals surface area contributed by atoms with Crippen LogP contribution in [-0.2, 0) is 0 Å². The Morgan fingerprint density at radius 3 is 2.33 bits per heavy atom. The number of hydrogen-bond donors (Lipinski definition) is 2. The number of β-amino-alcohol motifs (C(OH)–C–C–N with tert-alkyl or cyclic N) is 1. The molecule has 0 radical (unpaired) electrons. The third-order valence-corrected chi connectivity index (χ3v) is 4.83. The number of fused-ring (bicyclic) bond motifs is 1. The predicted molar refractivity (Wildman–Crippen MR) is 90.5 cm³/mol. The van der Waals surface area contributed by atoms with Crippen molar-refractivity contribution in [1.29, 1.82) is 0 Å². The summed E-state index contributed by atoms with van der Waals surface area (Å²) in [6.07, 6.45) is -0.0790. The second-order valence-corrected chi connectivity index (χ2v) is 6.44. The van der Waals surface area contributed by atoms with Gasteiger partial charge in [-0.25, -0.2) is 0 Å². The first-order valence-corrected chi connectivity index (χ1v) is 8.14. The van der Waals surface area contributed by atoms with Crippen molar-refractivity contribution in [3.63, 3.8) is 0 Å². The van der Waals surface area contributed by atoms with Crippen LogP contribution in [0.3, 0.4) is 0 Å². The van der Waals surface area contributed by atoms with Crippen molar-refractivity contribution in [2.24, 2.45) is 0 Å². The van der Waals surface area contributed by atoms with Gasteiger partial charge in [-0.15, -0.1) is 0 Å². The summed E-state index contributed by atoms with van der Waals surface area (Å²) in [5.41, 5.74) is 2.56. The predicted octanol–water partition coefficient (Wildman–Crippen LogP) is 0.776. The number of carbonyl (C=O) groups excluding carboxylic acids is 2. The van der Waals surface area contributed by atoms with Gasteiger partial charge >= 0.3 is 7.05 Å². The lowest BCUT2D eigenvalue weighted by atomic mass is 9.81. The molecular weight excluding hydrogens is 307 g/mol. The van der Waals surface area contributed by atoms with Gasteiger partial charge in [-0.2, -0.15) is 0 Å². The number of aliphatic hydroxyl groups is 1. The second-order valence-electron chi connectivity index (χ2n) is 6.44. The normalized spacial score (nSPS) is 23.5. The zero-order valence-electron chi connectivity index (χ0n) is 13.9. The van der Waals surface area contributed by atoms with Gasteiger partial charge in [0.1, 0.15) is 0 Å². The highest BCUT2D eigenvalue weighted by molar-refractivity contribution is 6.45. The molecule has 1 saturated heterocycles. The van der Waals surface area contributed by atoms with E-state index in [0.29, 0.717) is 30.6 Å². The van der Waals surface area contributed by atoms with E-state index in [0.717, 1.165) is 11.1 Å². The number of nitrogens with zero attached hydrogens (tertiary/aromatic N) is 2.